The number of benzene rings is 1. The van der Waals surface area contributed by atoms with Crippen LogP contribution in [0.25, 0.3) is 10.1 Å². The van der Waals surface area contributed by atoms with E-state index in [1.807, 2.05) is 12.1 Å². The van der Waals surface area contributed by atoms with Crippen molar-refractivity contribution < 1.29 is 8.78 Å². The third-order valence-electron chi connectivity index (χ3n) is 4.76. The van der Waals surface area contributed by atoms with Crippen molar-refractivity contribution in [3.8, 4) is 0 Å². The fraction of sp³-hybridized carbons (Fsp3) is 0.389. The maximum atomic E-state index is 12.9. The highest BCUT2D eigenvalue weighted by Gasteiger charge is 2.21. The van der Waals surface area contributed by atoms with Gasteiger partial charge < -0.3 is 0 Å². The second-order valence-corrected chi connectivity index (χ2v) is 7.93. The van der Waals surface area contributed by atoms with E-state index in [2.05, 4.69) is 26.9 Å². The Bertz CT molecular complexity index is 886. The van der Waals surface area contributed by atoms with Crippen LogP contribution in [0.1, 0.15) is 17.3 Å². The molecule has 0 radical (unpaired) electrons. The Morgan fingerprint density at radius 3 is 2.46 bits per heavy atom. The van der Waals surface area contributed by atoms with Crippen LogP contribution in [0.5, 0.6) is 0 Å². The van der Waals surface area contributed by atoms with Crippen molar-refractivity contribution in [1.82, 2.24) is 19.4 Å². The Labute approximate surface area is 159 Å². The molecule has 0 atom stereocenters. The third kappa shape index (κ3) is 3.62. The lowest BCUT2D eigenvalue weighted by molar-refractivity contribution is 0.0603. The van der Waals surface area contributed by atoms with E-state index in [-0.39, 0.29) is 0 Å². The average Bonchev–Trinajstić information content (AvgIpc) is 3.22. The number of imidazole rings is 1. The number of aromatic nitrogens is 2. The average molecular weight is 397 g/mol. The van der Waals surface area contributed by atoms with Crippen LogP contribution >= 0.6 is 22.9 Å². The van der Waals surface area contributed by atoms with Gasteiger partial charge in [0.25, 0.3) is 0 Å². The van der Waals surface area contributed by atoms with Crippen LogP contribution in [0.15, 0.2) is 36.7 Å². The Kier molecular flexibility index (Phi) is 5.22. The highest BCUT2D eigenvalue weighted by molar-refractivity contribution is 7.19. The highest BCUT2D eigenvalue weighted by atomic mass is 35.5. The predicted molar refractivity (Wildman–Crippen MR) is 101 cm³/mol. The van der Waals surface area contributed by atoms with Crippen LogP contribution in [-0.4, -0.2) is 45.5 Å². The zero-order valence-corrected chi connectivity index (χ0v) is 15.7. The van der Waals surface area contributed by atoms with Gasteiger partial charge in [-0.25, -0.2) is 4.98 Å². The highest BCUT2D eigenvalue weighted by Crippen LogP contribution is 2.36. The first-order valence-electron chi connectivity index (χ1n) is 8.52. The molecular formula is C18H19ClF2N4S. The van der Waals surface area contributed by atoms with Crippen LogP contribution in [0.4, 0.5) is 8.78 Å². The van der Waals surface area contributed by atoms with Crippen molar-refractivity contribution in [2.75, 3.05) is 26.2 Å². The van der Waals surface area contributed by atoms with Crippen molar-refractivity contribution >= 4 is 33.0 Å². The first-order chi connectivity index (χ1) is 12.6. The molecule has 3 aromatic rings. The molecule has 1 aromatic carbocycles. The number of alkyl halides is 2. The van der Waals surface area contributed by atoms with E-state index in [4.69, 9.17) is 11.6 Å². The second-order valence-electron chi connectivity index (χ2n) is 6.42. The Morgan fingerprint density at radius 1 is 1.08 bits per heavy atom. The molecule has 3 heterocycles. The van der Waals surface area contributed by atoms with Crippen LogP contribution in [0, 0.1) is 0 Å². The van der Waals surface area contributed by atoms with E-state index >= 15 is 0 Å². The maximum Gasteiger partial charge on any atom is 0.319 e. The van der Waals surface area contributed by atoms with E-state index in [0.717, 1.165) is 47.7 Å². The first kappa shape index (κ1) is 17.9. The molecule has 1 saturated heterocycles. The lowest BCUT2D eigenvalue weighted by atomic mass is 10.2. The van der Waals surface area contributed by atoms with Crippen molar-refractivity contribution in [2.24, 2.45) is 0 Å². The van der Waals surface area contributed by atoms with E-state index < -0.39 is 6.55 Å². The fourth-order valence-corrected chi connectivity index (χ4v) is 4.85. The lowest BCUT2D eigenvalue weighted by Crippen LogP contribution is -2.45. The van der Waals surface area contributed by atoms with Gasteiger partial charge in [-0.1, -0.05) is 29.8 Å². The number of thiophene rings is 1. The van der Waals surface area contributed by atoms with Gasteiger partial charge in [-0.05, 0) is 6.07 Å². The monoisotopic (exact) mass is 396 g/mol. The molecule has 0 amide bonds. The zero-order valence-electron chi connectivity index (χ0n) is 14.1. The fourth-order valence-electron chi connectivity index (χ4n) is 3.32. The molecule has 0 aliphatic carbocycles. The van der Waals surface area contributed by atoms with E-state index in [0.29, 0.717) is 12.4 Å². The largest absolute Gasteiger partial charge is 0.319 e. The molecule has 0 saturated carbocycles. The topological polar surface area (TPSA) is 24.3 Å². The van der Waals surface area contributed by atoms with Gasteiger partial charge in [-0.2, -0.15) is 8.78 Å². The minimum atomic E-state index is -2.54. The molecule has 0 unspecified atom stereocenters. The first-order valence-corrected chi connectivity index (χ1v) is 9.72. The summed E-state index contributed by atoms with van der Waals surface area (Å²) in [6, 6.07) is 8.19. The number of piperazine rings is 1. The standard InChI is InChI=1S/C18H19ClF2N4S/c19-17-13-3-1-2-4-14(13)26-15(17)11-23-7-9-24(10-8-23)12-16-22-5-6-25(16)18(20)21/h1-6,18H,7-12H2. The molecule has 0 bridgehead atoms. The minimum absolute atomic E-state index is 0.418. The van der Waals surface area contributed by atoms with Gasteiger partial charge in [-0.3, -0.25) is 14.4 Å². The van der Waals surface area contributed by atoms with E-state index in [9.17, 15) is 8.78 Å². The summed E-state index contributed by atoms with van der Waals surface area (Å²) in [5.41, 5.74) is 0. The third-order valence-corrected chi connectivity index (χ3v) is 6.46. The molecule has 8 heteroatoms. The van der Waals surface area contributed by atoms with Crippen LogP contribution in [0.3, 0.4) is 0 Å². The summed E-state index contributed by atoms with van der Waals surface area (Å²) >= 11 is 8.28. The van der Waals surface area contributed by atoms with Crippen LogP contribution in [-0.2, 0) is 13.1 Å². The van der Waals surface area contributed by atoms with Crippen molar-refractivity contribution in [3.05, 3.63) is 52.4 Å². The summed E-state index contributed by atoms with van der Waals surface area (Å²) in [5, 5.41) is 1.97. The quantitative estimate of drug-likeness (QED) is 0.636. The van der Waals surface area contributed by atoms with Crippen molar-refractivity contribution in [2.45, 2.75) is 19.6 Å². The number of fused-ring (bicyclic) bond motifs is 1. The van der Waals surface area contributed by atoms with Gasteiger partial charge in [0.15, 0.2) is 0 Å². The summed E-state index contributed by atoms with van der Waals surface area (Å²) < 4.78 is 28.0. The van der Waals surface area contributed by atoms with E-state index in [1.165, 1.54) is 22.0 Å². The van der Waals surface area contributed by atoms with E-state index in [1.54, 1.807) is 11.3 Å². The summed E-state index contributed by atoms with van der Waals surface area (Å²) in [6.45, 7) is 2.19. The summed E-state index contributed by atoms with van der Waals surface area (Å²) in [7, 11) is 0. The molecule has 4 nitrogen and oxygen atoms in total. The molecule has 0 N–H and O–H groups in total. The molecular weight excluding hydrogens is 378 g/mol. The molecule has 0 spiro atoms. The van der Waals surface area contributed by atoms with Crippen LogP contribution in [0.2, 0.25) is 5.02 Å². The summed E-state index contributed by atoms with van der Waals surface area (Å²) in [5.74, 6) is 0.418. The zero-order chi connectivity index (χ0) is 18.1. The van der Waals surface area contributed by atoms with Gasteiger partial charge >= 0.3 is 6.55 Å². The predicted octanol–water partition coefficient (Wildman–Crippen LogP) is 4.46. The number of nitrogens with zero attached hydrogens (tertiary/aromatic N) is 4. The Morgan fingerprint density at radius 2 is 1.77 bits per heavy atom. The lowest BCUT2D eigenvalue weighted by Gasteiger charge is -2.34. The Hall–Kier alpha value is -1.54. The molecule has 138 valence electrons. The number of halogens is 3. The molecule has 2 aromatic heterocycles. The van der Waals surface area contributed by atoms with Crippen molar-refractivity contribution in [3.63, 3.8) is 0 Å². The number of hydrogen-bond acceptors (Lipinski definition) is 4. The normalized spacial score (nSPS) is 16.8. The second kappa shape index (κ2) is 7.60. The number of rotatable bonds is 5. The molecule has 4 rings (SSSR count). The number of hydrogen-bond donors (Lipinski definition) is 0. The minimum Gasteiger partial charge on any atom is -0.296 e. The van der Waals surface area contributed by atoms with Gasteiger partial charge in [0.1, 0.15) is 5.82 Å². The summed E-state index contributed by atoms with van der Waals surface area (Å²) in [4.78, 5) is 9.79. The van der Waals surface area contributed by atoms with Gasteiger partial charge in [0.05, 0.1) is 11.6 Å². The molecule has 1 fully saturated rings. The van der Waals surface area contributed by atoms with Gasteiger partial charge in [0.2, 0.25) is 0 Å². The van der Waals surface area contributed by atoms with Gasteiger partial charge in [-0.15, -0.1) is 11.3 Å². The Balaban J connectivity index is 1.36. The summed E-state index contributed by atoms with van der Waals surface area (Å²) in [6.07, 6.45) is 2.76. The molecule has 1 aliphatic heterocycles. The maximum absolute atomic E-state index is 12.9. The van der Waals surface area contributed by atoms with Crippen LogP contribution < -0.4 is 0 Å². The SMILES string of the molecule is FC(F)n1ccnc1CN1CCN(Cc2sc3ccccc3c2Cl)CC1. The van der Waals surface area contributed by atoms with Crippen molar-refractivity contribution in [1.29, 1.82) is 0 Å². The van der Waals surface area contributed by atoms with Gasteiger partial charge in [0, 0.05) is 60.1 Å². The molecule has 1 aliphatic rings. The molecule has 26 heavy (non-hydrogen) atoms. The smallest absolute Gasteiger partial charge is 0.296 e.